The molecule has 3 nitrogen and oxygen atoms in total. The Kier molecular flexibility index (Phi) is 4.56. The zero-order valence-corrected chi connectivity index (χ0v) is 20.4. The molecule has 3 heterocycles. The van der Waals surface area contributed by atoms with E-state index in [4.69, 9.17) is 0 Å². The minimum Gasteiger partial charge on any atom is -0.258 e. The van der Waals surface area contributed by atoms with Crippen molar-refractivity contribution in [1.82, 2.24) is 0 Å². The van der Waals surface area contributed by atoms with Gasteiger partial charge in [-0.25, -0.2) is 8.42 Å². The van der Waals surface area contributed by atoms with E-state index in [9.17, 15) is 12.6 Å². The van der Waals surface area contributed by atoms with Crippen LogP contribution in [0.1, 0.15) is 54.0 Å². The fourth-order valence-electron chi connectivity index (χ4n) is 6.30. The lowest BCUT2D eigenvalue weighted by Gasteiger charge is -2.35. The van der Waals surface area contributed by atoms with Gasteiger partial charge < -0.3 is 0 Å². The van der Waals surface area contributed by atoms with Gasteiger partial charge in [0.1, 0.15) is 0 Å². The van der Waals surface area contributed by atoms with Crippen LogP contribution in [0.3, 0.4) is 0 Å². The summed E-state index contributed by atoms with van der Waals surface area (Å²) in [6.07, 6.45) is 4.07. The lowest BCUT2D eigenvalue weighted by molar-refractivity contribution is 0.503. The molecule has 2 bridgehead atoms. The van der Waals surface area contributed by atoms with Gasteiger partial charge in [-0.3, -0.25) is 4.21 Å². The Morgan fingerprint density at radius 2 is 1.50 bits per heavy atom. The van der Waals surface area contributed by atoms with E-state index in [2.05, 4.69) is 20.8 Å². The predicted octanol–water partition coefficient (Wildman–Crippen LogP) is 5.07. The number of hydrogen-bond donors (Lipinski definition) is 0. The van der Waals surface area contributed by atoms with E-state index in [1.165, 1.54) is 32.0 Å². The molecule has 30 heavy (non-hydrogen) atoms. The summed E-state index contributed by atoms with van der Waals surface area (Å²) in [5.41, 5.74) is 5.37. The van der Waals surface area contributed by atoms with Gasteiger partial charge in [0.25, 0.3) is 0 Å². The van der Waals surface area contributed by atoms with Gasteiger partial charge in [0.05, 0.1) is 19.6 Å². The monoisotopic (exact) mass is 460 g/mol. The second-order valence-corrected chi connectivity index (χ2v) is 15.1. The fourth-order valence-corrected chi connectivity index (χ4v) is 12.8. The Bertz CT molecular complexity index is 1210. The molecule has 160 valence electrons. The summed E-state index contributed by atoms with van der Waals surface area (Å²) < 4.78 is 39.8. The summed E-state index contributed by atoms with van der Waals surface area (Å²) in [5.74, 6) is 0. The fraction of sp³-hybridized carbons (Fsp3) is 0.500. The van der Waals surface area contributed by atoms with Crippen LogP contribution in [0.5, 0.6) is 0 Å². The highest BCUT2D eigenvalue weighted by atomic mass is 32.2. The maximum Gasteiger partial charge on any atom is 0.183 e. The summed E-state index contributed by atoms with van der Waals surface area (Å²) in [4.78, 5) is 3.13. The molecular weight excluding hydrogens is 432 g/mol. The molecule has 1 aromatic heterocycles. The molecule has 1 aliphatic carbocycles. The van der Waals surface area contributed by atoms with Crippen LogP contribution in [0.25, 0.3) is 0 Å². The van der Waals surface area contributed by atoms with E-state index >= 15 is 0 Å². The molecule has 0 radical (unpaired) electrons. The molecule has 1 saturated heterocycles. The molecule has 6 heteroatoms. The molecule has 3 aliphatic rings. The highest BCUT2D eigenvalue weighted by molar-refractivity contribution is 7.95. The Morgan fingerprint density at radius 3 is 2.10 bits per heavy atom. The number of thiophene rings is 1. The van der Waals surface area contributed by atoms with Crippen molar-refractivity contribution in [3.05, 3.63) is 62.4 Å². The number of sulfone groups is 1. The first-order chi connectivity index (χ1) is 14.1. The van der Waals surface area contributed by atoms with Crippen molar-refractivity contribution in [3.63, 3.8) is 0 Å². The summed E-state index contributed by atoms with van der Waals surface area (Å²) >= 11 is 1.88. The molecule has 2 aromatic rings. The summed E-state index contributed by atoms with van der Waals surface area (Å²) in [6, 6.07) is 8.72. The summed E-state index contributed by atoms with van der Waals surface area (Å²) in [5, 5.41) is -0.624. The first kappa shape index (κ1) is 20.7. The topological polar surface area (TPSA) is 51.2 Å². The van der Waals surface area contributed by atoms with Gasteiger partial charge in [-0.2, -0.15) is 0 Å². The third-order valence-corrected chi connectivity index (χ3v) is 13.9. The van der Waals surface area contributed by atoms with Crippen molar-refractivity contribution in [1.29, 1.82) is 0 Å². The van der Waals surface area contributed by atoms with Gasteiger partial charge >= 0.3 is 0 Å². The van der Waals surface area contributed by atoms with Crippen molar-refractivity contribution in [2.75, 3.05) is 0 Å². The normalized spacial score (nSPS) is 33.2. The van der Waals surface area contributed by atoms with Gasteiger partial charge in [-0.15, -0.1) is 11.3 Å². The summed E-state index contributed by atoms with van der Waals surface area (Å²) in [7, 11) is -4.79. The predicted molar refractivity (Wildman–Crippen MR) is 124 cm³/mol. The van der Waals surface area contributed by atoms with E-state index < -0.39 is 35.4 Å². The number of benzene rings is 1. The van der Waals surface area contributed by atoms with Crippen molar-refractivity contribution in [2.24, 2.45) is 0 Å². The molecule has 1 fully saturated rings. The number of hydrogen-bond acceptors (Lipinski definition) is 4. The lowest BCUT2D eigenvalue weighted by atomic mass is 9.72. The van der Waals surface area contributed by atoms with Gasteiger partial charge in [-0.1, -0.05) is 23.8 Å². The second-order valence-electron chi connectivity index (χ2n) is 9.29. The Balaban J connectivity index is 1.62. The second kappa shape index (κ2) is 6.63. The van der Waals surface area contributed by atoms with Crippen LogP contribution in [-0.2, 0) is 33.5 Å². The molecule has 0 amide bonds. The van der Waals surface area contributed by atoms with Gasteiger partial charge in [-0.05, 0) is 88.6 Å². The Hall–Kier alpha value is -1.24. The molecule has 4 unspecified atom stereocenters. The summed E-state index contributed by atoms with van der Waals surface area (Å²) in [6.45, 7) is 8.42. The molecule has 0 N–H and O–H groups in total. The van der Waals surface area contributed by atoms with E-state index in [1.807, 2.05) is 24.3 Å². The molecule has 2 aliphatic heterocycles. The zero-order chi connectivity index (χ0) is 21.5. The van der Waals surface area contributed by atoms with Gasteiger partial charge in [0, 0.05) is 20.6 Å². The minimum absolute atomic E-state index is 0.351. The highest BCUT2D eigenvalue weighted by Crippen LogP contribution is 2.61. The minimum atomic E-state index is -3.56. The molecule has 5 rings (SSSR count). The van der Waals surface area contributed by atoms with E-state index in [0.29, 0.717) is 11.3 Å². The van der Waals surface area contributed by atoms with Crippen LogP contribution in [0.15, 0.2) is 46.4 Å². The van der Waals surface area contributed by atoms with Crippen LogP contribution in [0, 0.1) is 13.8 Å². The maximum absolute atomic E-state index is 13.8. The van der Waals surface area contributed by atoms with E-state index in [1.54, 1.807) is 24.3 Å². The number of aryl methyl sites for hydroxylation is 2. The first-order valence-electron chi connectivity index (χ1n) is 10.6. The third-order valence-electron chi connectivity index (χ3n) is 7.80. The standard InChI is InChI=1S/C24H28O3S3/c1-15-18-10-12-20-21(13-11-19(18)16(2)28-15)24(4)22(14-23(20,3)29(24)25)30(26,27)17-8-6-5-7-9-17/h5-9,22H,10-14H2,1-4H3. The third kappa shape index (κ3) is 2.53. The van der Waals surface area contributed by atoms with Crippen molar-refractivity contribution < 1.29 is 12.6 Å². The SMILES string of the molecule is Cc1sc(C)c2c1CCC1=C(CC2)C2(C)C(S(=O)(=O)c3ccccc3)CC1(C)S2=O. The Labute approximate surface area is 186 Å². The average molecular weight is 461 g/mol. The molecule has 0 spiro atoms. The van der Waals surface area contributed by atoms with Crippen LogP contribution in [0.2, 0.25) is 0 Å². The van der Waals surface area contributed by atoms with E-state index in [0.717, 1.165) is 25.7 Å². The van der Waals surface area contributed by atoms with Crippen molar-refractivity contribution >= 4 is 32.0 Å². The highest BCUT2D eigenvalue weighted by Gasteiger charge is 2.68. The van der Waals surface area contributed by atoms with E-state index in [-0.39, 0.29) is 0 Å². The molecule has 1 aromatic carbocycles. The smallest absolute Gasteiger partial charge is 0.183 e. The van der Waals surface area contributed by atoms with Crippen LogP contribution in [-0.4, -0.2) is 27.4 Å². The lowest BCUT2D eigenvalue weighted by Crippen LogP contribution is -2.44. The maximum atomic E-state index is 13.8. The van der Waals surface area contributed by atoms with Crippen LogP contribution < -0.4 is 0 Å². The number of rotatable bonds is 2. The molecule has 4 atom stereocenters. The van der Waals surface area contributed by atoms with Gasteiger partial charge in [0.15, 0.2) is 9.84 Å². The molecular formula is C24H28O3S3. The van der Waals surface area contributed by atoms with Gasteiger partial charge in [0.2, 0.25) is 0 Å². The van der Waals surface area contributed by atoms with Crippen molar-refractivity contribution in [3.8, 4) is 0 Å². The first-order valence-corrected chi connectivity index (χ1v) is 14.1. The molecule has 0 saturated carbocycles. The average Bonchev–Trinajstić information content (AvgIpc) is 3.13. The largest absolute Gasteiger partial charge is 0.258 e. The Morgan fingerprint density at radius 1 is 0.933 bits per heavy atom. The van der Waals surface area contributed by atoms with Crippen molar-refractivity contribution in [2.45, 2.75) is 79.4 Å². The zero-order valence-electron chi connectivity index (χ0n) is 17.9. The number of fused-ring (bicyclic) bond motifs is 5. The van der Waals surface area contributed by atoms with Crippen LogP contribution >= 0.6 is 11.3 Å². The van der Waals surface area contributed by atoms with Crippen LogP contribution in [0.4, 0.5) is 0 Å². The quantitative estimate of drug-likeness (QED) is 0.588.